The highest BCUT2D eigenvalue weighted by Gasteiger charge is 2.23. The van der Waals surface area contributed by atoms with Crippen LogP contribution in [-0.4, -0.2) is 53.9 Å². The van der Waals surface area contributed by atoms with Gasteiger partial charge in [-0.2, -0.15) is 0 Å². The van der Waals surface area contributed by atoms with Crippen molar-refractivity contribution in [3.05, 3.63) is 64.1 Å². The zero-order valence-corrected chi connectivity index (χ0v) is 16.5. The van der Waals surface area contributed by atoms with Crippen molar-refractivity contribution in [2.45, 2.75) is 0 Å². The highest BCUT2D eigenvalue weighted by molar-refractivity contribution is 6.36. The van der Waals surface area contributed by atoms with Crippen molar-refractivity contribution >= 4 is 40.0 Å². The average Bonchev–Trinajstić information content (AvgIpc) is 2.67. The number of fused-ring (bicyclic) bond motifs is 1. The zero-order chi connectivity index (χ0) is 19.0. The highest BCUT2D eigenvalue weighted by atomic mass is 35.5. The fourth-order valence-electron chi connectivity index (χ4n) is 3.37. The monoisotopic (exact) mass is 399 g/mol. The normalized spacial score (nSPS) is 15.3. The minimum atomic E-state index is 0.0352. The summed E-state index contributed by atoms with van der Waals surface area (Å²) in [5.74, 6) is 0.0352. The van der Waals surface area contributed by atoms with Gasteiger partial charge in [0.1, 0.15) is 0 Å². The number of benzene rings is 2. The molecule has 3 aromatic rings. The van der Waals surface area contributed by atoms with Crippen molar-refractivity contribution in [1.29, 1.82) is 0 Å². The van der Waals surface area contributed by atoms with E-state index in [1.807, 2.05) is 41.3 Å². The van der Waals surface area contributed by atoms with Crippen LogP contribution in [0.3, 0.4) is 0 Å². The van der Waals surface area contributed by atoms with Crippen LogP contribution in [0.5, 0.6) is 0 Å². The summed E-state index contributed by atoms with van der Waals surface area (Å²) in [5.41, 5.74) is 2.87. The molecular formula is C21H19Cl2N3O. The molecule has 0 aliphatic carbocycles. The maximum Gasteiger partial charge on any atom is 0.254 e. The molecule has 2 heterocycles. The maximum atomic E-state index is 13.3. The first-order valence-electron chi connectivity index (χ1n) is 8.86. The molecule has 1 amide bonds. The van der Waals surface area contributed by atoms with Gasteiger partial charge < -0.3 is 9.80 Å². The Kier molecular flexibility index (Phi) is 5.04. The number of para-hydroxylation sites is 1. The quantitative estimate of drug-likeness (QED) is 0.631. The molecule has 0 radical (unpaired) electrons. The smallest absolute Gasteiger partial charge is 0.254 e. The highest BCUT2D eigenvalue weighted by Crippen LogP contribution is 2.32. The van der Waals surface area contributed by atoms with E-state index in [-0.39, 0.29) is 5.91 Å². The van der Waals surface area contributed by atoms with Gasteiger partial charge in [0.25, 0.3) is 5.91 Å². The Balaban J connectivity index is 1.83. The lowest BCUT2D eigenvalue weighted by Crippen LogP contribution is -2.47. The summed E-state index contributed by atoms with van der Waals surface area (Å²) < 4.78 is 0. The van der Waals surface area contributed by atoms with Gasteiger partial charge >= 0.3 is 0 Å². The second-order valence-corrected chi connectivity index (χ2v) is 7.64. The van der Waals surface area contributed by atoms with E-state index in [4.69, 9.17) is 28.2 Å². The van der Waals surface area contributed by atoms with Gasteiger partial charge in [0.05, 0.1) is 21.8 Å². The number of aromatic nitrogens is 1. The molecule has 2 aromatic carbocycles. The number of hydrogen-bond donors (Lipinski definition) is 0. The molecule has 0 saturated carbocycles. The summed E-state index contributed by atoms with van der Waals surface area (Å²) in [4.78, 5) is 22.1. The van der Waals surface area contributed by atoms with Crippen LogP contribution in [-0.2, 0) is 0 Å². The first-order chi connectivity index (χ1) is 13.0. The predicted octanol–water partition coefficient (Wildman–Crippen LogP) is 4.60. The first kappa shape index (κ1) is 18.2. The molecule has 0 unspecified atom stereocenters. The standard InChI is InChI=1S/C21H19Cl2N3O/c1-25-8-10-26(11-9-25)21(27)17-13-20(16-7-6-14(22)12-18(16)23)24-19-5-3-2-4-15(17)19/h2-7,12-13H,8-11H2,1H3. The fourth-order valence-corrected chi connectivity index (χ4v) is 3.87. The number of pyridine rings is 1. The number of hydrogen-bond acceptors (Lipinski definition) is 3. The number of piperazine rings is 1. The number of carbonyl (C=O) groups excluding carboxylic acids is 1. The van der Waals surface area contributed by atoms with Crippen LogP contribution in [0.25, 0.3) is 22.2 Å². The molecule has 6 heteroatoms. The third-order valence-electron chi connectivity index (χ3n) is 4.94. The number of halogens is 2. The van der Waals surface area contributed by atoms with Gasteiger partial charge in [0.15, 0.2) is 0 Å². The Morgan fingerprint density at radius 2 is 1.74 bits per heavy atom. The summed E-state index contributed by atoms with van der Waals surface area (Å²) in [6, 6.07) is 14.9. The lowest BCUT2D eigenvalue weighted by Gasteiger charge is -2.32. The SMILES string of the molecule is CN1CCN(C(=O)c2cc(-c3ccc(Cl)cc3Cl)nc3ccccc23)CC1. The molecular weight excluding hydrogens is 381 g/mol. The Bertz CT molecular complexity index is 1010. The third kappa shape index (κ3) is 3.65. The maximum absolute atomic E-state index is 13.3. The van der Waals surface area contributed by atoms with Crippen LogP contribution in [0.4, 0.5) is 0 Å². The lowest BCUT2D eigenvalue weighted by molar-refractivity contribution is 0.0666. The summed E-state index contributed by atoms with van der Waals surface area (Å²) in [7, 11) is 2.07. The number of rotatable bonds is 2. The van der Waals surface area contributed by atoms with Gasteiger partial charge in [-0.25, -0.2) is 4.98 Å². The van der Waals surface area contributed by atoms with Gasteiger partial charge in [0, 0.05) is 42.2 Å². The van der Waals surface area contributed by atoms with E-state index in [1.165, 1.54) is 0 Å². The van der Waals surface area contributed by atoms with Gasteiger partial charge in [-0.1, -0.05) is 41.4 Å². The van der Waals surface area contributed by atoms with Crippen molar-refractivity contribution in [1.82, 2.24) is 14.8 Å². The fraction of sp³-hybridized carbons (Fsp3) is 0.238. The lowest BCUT2D eigenvalue weighted by atomic mass is 10.0. The number of amides is 1. The van der Waals surface area contributed by atoms with Crippen molar-refractivity contribution in [2.75, 3.05) is 33.2 Å². The number of likely N-dealkylation sites (N-methyl/N-ethyl adjacent to an activating group) is 1. The number of carbonyl (C=O) groups is 1. The average molecular weight is 400 g/mol. The van der Waals surface area contributed by atoms with E-state index in [0.717, 1.165) is 42.6 Å². The molecule has 1 aliphatic rings. The third-order valence-corrected chi connectivity index (χ3v) is 5.49. The van der Waals surface area contributed by atoms with Crippen LogP contribution in [0.15, 0.2) is 48.5 Å². The van der Waals surface area contributed by atoms with E-state index in [9.17, 15) is 4.79 Å². The van der Waals surface area contributed by atoms with Gasteiger partial charge in [-0.05, 0) is 37.4 Å². The van der Waals surface area contributed by atoms with Gasteiger partial charge in [0.2, 0.25) is 0 Å². The van der Waals surface area contributed by atoms with Crippen molar-refractivity contribution in [2.24, 2.45) is 0 Å². The molecule has 4 nitrogen and oxygen atoms in total. The van der Waals surface area contributed by atoms with E-state index in [2.05, 4.69) is 11.9 Å². The molecule has 1 aliphatic heterocycles. The molecule has 138 valence electrons. The number of nitrogens with zero attached hydrogens (tertiary/aromatic N) is 3. The topological polar surface area (TPSA) is 36.4 Å². The van der Waals surface area contributed by atoms with Crippen molar-refractivity contribution < 1.29 is 4.79 Å². The van der Waals surface area contributed by atoms with E-state index in [1.54, 1.807) is 12.1 Å². The summed E-state index contributed by atoms with van der Waals surface area (Å²) >= 11 is 12.4. The van der Waals surface area contributed by atoms with E-state index in [0.29, 0.717) is 21.3 Å². The predicted molar refractivity (Wildman–Crippen MR) is 111 cm³/mol. The van der Waals surface area contributed by atoms with Crippen LogP contribution in [0.2, 0.25) is 10.0 Å². The largest absolute Gasteiger partial charge is 0.336 e. The molecule has 1 aromatic heterocycles. The molecule has 27 heavy (non-hydrogen) atoms. The second kappa shape index (κ2) is 7.47. The van der Waals surface area contributed by atoms with Gasteiger partial charge in [-0.3, -0.25) is 4.79 Å². The minimum absolute atomic E-state index is 0.0352. The van der Waals surface area contributed by atoms with Crippen LogP contribution in [0, 0.1) is 0 Å². The molecule has 0 spiro atoms. The van der Waals surface area contributed by atoms with Crippen LogP contribution >= 0.6 is 23.2 Å². The molecule has 1 saturated heterocycles. The second-order valence-electron chi connectivity index (χ2n) is 6.79. The molecule has 4 rings (SSSR count). The van der Waals surface area contributed by atoms with Crippen molar-refractivity contribution in [3.63, 3.8) is 0 Å². The molecule has 0 atom stereocenters. The molecule has 0 N–H and O–H groups in total. The molecule has 0 bridgehead atoms. The summed E-state index contributed by atoms with van der Waals surface area (Å²) in [5, 5.41) is 1.94. The minimum Gasteiger partial charge on any atom is -0.336 e. The summed E-state index contributed by atoms with van der Waals surface area (Å²) in [6.07, 6.45) is 0. The Labute approximate surface area is 168 Å². The van der Waals surface area contributed by atoms with Crippen LogP contribution in [0.1, 0.15) is 10.4 Å². The van der Waals surface area contributed by atoms with Crippen LogP contribution < -0.4 is 0 Å². The summed E-state index contributed by atoms with van der Waals surface area (Å²) in [6.45, 7) is 3.21. The first-order valence-corrected chi connectivity index (χ1v) is 9.61. The Morgan fingerprint density at radius 1 is 1.00 bits per heavy atom. The van der Waals surface area contributed by atoms with Gasteiger partial charge in [-0.15, -0.1) is 0 Å². The van der Waals surface area contributed by atoms with E-state index < -0.39 is 0 Å². The Morgan fingerprint density at radius 3 is 2.48 bits per heavy atom. The Hall–Kier alpha value is -2.14. The van der Waals surface area contributed by atoms with E-state index >= 15 is 0 Å². The molecule has 1 fully saturated rings. The zero-order valence-electron chi connectivity index (χ0n) is 15.0. The van der Waals surface area contributed by atoms with Crippen molar-refractivity contribution in [3.8, 4) is 11.3 Å².